The zero-order chi connectivity index (χ0) is 24.1. The Morgan fingerprint density at radius 3 is 2.09 bits per heavy atom. The average molecular weight is 454 g/mol. The molecule has 0 radical (unpaired) electrons. The Morgan fingerprint density at radius 2 is 1.55 bits per heavy atom. The van der Waals surface area contributed by atoms with Crippen LogP contribution in [0.3, 0.4) is 0 Å². The summed E-state index contributed by atoms with van der Waals surface area (Å²) in [5.74, 6) is 1.46. The first kappa shape index (κ1) is 24.4. The van der Waals surface area contributed by atoms with E-state index in [4.69, 9.17) is 9.47 Å². The number of hydrogen-bond acceptors (Lipinski definition) is 4. The molecule has 1 aliphatic rings. The number of urea groups is 1. The molecular weight excluding hydrogens is 418 g/mol. The van der Waals surface area contributed by atoms with Gasteiger partial charge in [-0.3, -0.25) is 4.79 Å². The van der Waals surface area contributed by atoms with Gasteiger partial charge in [-0.1, -0.05) is 39.8 Å². The predicted molar refractivity (Wildman–Crippen MR) is 130 cm³/mol. The Bertz CT molecular complexity index is 986. The van der Waals surface area contributed by atoms with Gasteiger partial charge in [-0.05, 0) is 59.2 Å². The van der Waals surface area contributed by atoms with Gasteiger partial charge in [0, 0.05) is 18.8 Å². The lowest BCUT2D eigenvalue weighted by Crippen LogP contribution is -2.52. The summed E-state index contributed by atoms with van der Waals surface area (Å²) >= 11 is 0. The number of amides is 3. The van der Waals surface area contributed by atoms with Crippen LogP contribution in [-0.4, -0.2) is 43.6 Å². The molecule has 2 N–H and O–H groups in total. The van der Waals surface area contributed by atoms with Gasteiger partial charge in [0.15, 0.2) is 11.5 Å². The first-order valence-corrected chi connectivity index (χ1v) is 11.4. The third-order valence-electron chi connectivity index (χ3n) is 6.08. The van der Waals surface area contributed by atoms with Crippen LogP contribution in [0.1, 0.15) is 50.3 Å². The lowest BCUT2D eigenvalue weighted by atomic mass is 9.98. The number of nitrogens with zero attached hydrogens (tertiary/aromatic N) is 1. The van der Waals surface area contributed by atoms with Crippen molar-refractivity contribution in [2.45, 2.75) is 52.6 Å². The molecule has 3 amide bonds. The van der Waals surface area contributed by atoms with Gasteiger partial charge >= 0.3 is 6.03 Å². The van der Waals surface area contributed by atoms with Crippen LogP contribution in [0.4, 0.5) is 10.5 Å². The molecule has 0 spiro atoms. The monoisotopic (exact) mass is 453 g/mol. The van der Waals surface area contributed by atoms with Crippen LogP contribution in [0, 0.1) is 5.92 Å². The first-order valence-electron chi connectivity index (χ1n) is 11.4. The molecule has 0 bridgehead atoms. The van der Waals surface area contributed by atoms with Crippen LogP contribution in [0.5, 0.6) is 11.5 Å². The van der Waals surface area contributed by atoms with Crippen molar-refractivity contribution < 1.29 is 19.1 Å². The highest BCUT2D eigenvalue weighted by atomic mass is 16.5. The Hall–Kier alpha value is -3.22. The molecule has 0 saturated heterocycles. The molecular formula is C26H35N3O4. The van der Waals surface area contributed by atoms with E-state index >= 15 is 0 Å². The third kappa shape index (κ3) is 5.78. The van der Waals surface area contributed by atoms with E-state index in [-0.39, 0.29) is 17.9 Å². The van der Waals surface area contributed by atoms with E-state index in [2.05, 4.69) is 24.5 Å². The molecule has 0 aromatic heterocycles. The van der Waals surface area contributed by atoms with Crippen LogP contribution < -0.4 is 20.1 Å². The molecule has 1 aliphatic heterocycles. The minimum atomic E-state index is -0.644. The number of hydrogen-bond donors (Lipinski definition) is 2. The number of benzene rings is 2. The van der Waals surface area contributed by atoms with E-state index in [9.17, 15) is 9.59 Å². The maximum atomic E-state index is 13.1. The topological polar surface area (TPSA) is 79.9 Å². The molecule has 3 rings (SSSR count). The zero-order valence-electron chi connectivity index (χ0n) is 20.4. The lowest BCUT2D eigenvalue weighted by molar-refractivity contribution is -0.118. The van der Waals surface area contributed by atoms with Crippen LogP contribution in [0.2, 0.25) is 0 Å². The molecule has 0 fully saturated rings. The smallest absolute Gasteiger partial charge is 0.318 e. The van der Waals surface area contributed by atoms with Gasteiger partial charge in [0.05, 0.1) is 14.2 Å². The number of anilines is 1. The molecule has 33 heavy (non-hydrogen) atoms. The highest BCUT2D eigenvalue weighted by molar-refractivity contribution is 5.97. The van der Waals surface area contributed by atoms with Crippen molar-refractivity contribution in [1.82, 2.24) is 10.2 Å². The molecule has 1 heterocycles. The van der Waals surface area contributed by atoms with Crippen LogP contribution in [0.15, 0.2) is 36.4 Å². The second kappa shape index (κ2) is 10.6. The number of methoxy groups -OCH3 is 2. The number of carbonyl (C=O) groups is 2. The minimum Gasteiger partial charge on any atom is -0.493 e. The molecule has 2 aromatic rings. The van der Waals surface area contributed by atoms with Crippen molar-refractivity contribution in [3.05, 3.63) is 53.1 Å². The van der Waals surface area contributed by atoms with Crippen LogP contribution in [0.25, 0.3) is 0 Å². The Morgan fingerprint density at radius 1 is 0.939 bits per heavy atom. The summed E-state index contributed by atoms with van der Waals surface area (Å²) in [6.07, 6.45) is 0.712. The molecule has 7 heteroatoms. The summed E-state index contributed by atoms with van der Waals surface area (Å²) in [7, 11) is 3.21. The summed E-state index contributed by atoms with van der Waals surface area (Å²) < 4.78 is 10.8. The van der Waals surface area contributed by atoms with E-state index in [0.717, 1.165) is 16.8 Å². The molecule has 1 atom stereocenters. The van der Waals surface area contributed by atoms with Gasteiger partial charge in [-0.2, -0.15) is 0 Å². The van der Waals surface area contributed by atoms with Crippen molar-refractivity contribution in [3.8, 4) is 11.5 Å². The minimum absolute atomic E-state index is 0.0645. The van der Waals surface area contributed by atoms with Crippen LogP contribution in [-0.2, 0) is 17.8 Å². The van der Waals surface area contributed by atoms with Gasteiger partial charge in [0.2, 0.25) is 5.91 Å². The summed E-state index contributed by atoms with van der Waals surface area (Å²) in [5, 5.41) is 5.88. The van der Waals surface area contributed by atoms with Crippen molar-refractivity contribution in [2.75, 3.05) is 26.1 Å². The Balaban J connectivity index is 1.67. The quantitative estimate of drug-likeness (QED) is 0.644. The summed E-state index contributed by atoms with van der Waals surface area (Å²) in [6.45, 7) is 9.12. The fourth-order valence-electron chi connectivity index (χ4n) is 3.99. The number of carbonyl (C=O) groups excluding carboxylic acids is 2. The van der Waals surface area contributed by atoms with Crippen molar-refractivity contribution >= 4 is 17.6 Å². The zero-order valence-corrected chi connectivity index (χ0v) is 20.4. The normalized spacial score (nSPS) is 14.0. The standard InChI is InChI=1S/C26H35N3O4/c1-16(2)18-7-9-21(10-8-18)27-25(30)24(17(3)4)28-26(31)29-12-11-19-13-22(32-5)23(33-6)14-20(19)15-29/h7-10,13-14,16-17,24H,11-12,15H2,1-6H3,(H,27,30)(H,28,31)/t24-/m0/s1. The van der Waals surface area contributed by atoms with E-state index in [0.29, 0.717) is 36.9 Å². The SMILES string of the molecule is COc1cc2c(cc1OC)CN(C(=O)N[C@H](C(=O)Nc1ccc(C(C)C)cc1)C(C)C)CC2. The molecule has 0 aliphatic carbocycles. The van der Waals surface area contributed by atoms with Crippen molar-refractivity contribution in [3.63, 3.8) is 0 Å². The summed E-state index contributed by atoms with van der Waals surface area (Å²) in [5.41, 5.74) is 4.09. The van der Waals surface area contributed by atoms with Gasteiger partial charge in [0.1, 0.15) is 6.04 Å². The summed E-state index contributed by atoms with van der Waals surface area (Å²) in [6, 6.07) is 10.8. The van der Waals surface area contributed by atoms with E-state index < -0.39 is 6.04 Å². The van der Waals surface area contributed by atoms with Crippen molar-refractivity contribution in [1.29, 1.82) is 0 Å². The fraction of sp³-hybridized carbons (Fsp3) is 0.462. The Kier molecular flexibility index (Phi) is 7.84. The summed E-state index contributed by atoms with van der Waals surface area (Å²) in [4.78, 5) is 27.8. The number of fused-ring (bicyclic) bond motifs is 1. The maximum Gasteiger partial charge on any atom is 0.318 e. The molecule has 0 unspecified atom stereocenters. The fourth-order valence-corrected chi connectivity index (χ4v) is 3.99. The van der Waals surface area contributed by atoms with E-state index in [1.165, 1.54) is 5.56 Å². The molecule has 2 aromatic carbocycles. The van der Waals surface area contributed by atoms with Gasteiger partial charge in [-0.25, -0.2) is 4.79 Å². The molecule has 7 nitrogen and oxygen atoms in total. The highest BCUT2D eigenvalue weighted by Crippen LogP contribution is 2.33. The van der Waals surface area contributed by atoms with Gasteiger partial charge in [0.25, 0.3) is 0 Å². The average Bonchev–Trinajstić information content (AvgIpc) is 2.80. The van der Waals surface area contributed by atoms with Crippen LogP contribution >= 0.6 is 0 Å². The Labute approximate surface area is 196 Å². The highest BCUT2D eigenvalue weighted by Gasteiger charge is 2.29. The molecule has 178 valence electrons. The largest absolute Gasteiger partial charge is 0.493 e. The van der Waals surface area contributed by atoms with E-state index in [1.54, 1.807) is 19.1 Å². The maximum absolute atomic E-state index is 13.1. The van der Waals surface area contributed by atoms with Crippen molar-refractivity contribution in [2.24, 2.45) is 5.92 Å². The lowest BCUT2D eigenvalue weighted by Gasteiger charge is -2.32. The number of rotatable bonds is 7. The second-order valence-corrected chi connectivity index (χ2v) is 9.08. The molecule has 0 saturated carbocycles. The predicted octanol–water partition coefficient (Wildman–Crippen LogP) is 4.56. The third-order valence-corrected chi connectivity index (χ3v) is 6.08. The van der Waals surface area contributed by atoms with Gasteiger partial charge in [-0.15, -0.1) is 0 Å². The van der Waals surface area contributed by atoms with Gasteiger partial charge < -0.3 is 25.0 Å². The second-order valence-electron chi connectivity index (χ2n) is 9.08. The first-order chi connectivity index (χ1) is 15.7. The number of nitrogens with one attached hydrogen (secondary N) is 2. The number of ether oxygens (including phenoxy) is 2. The van der Waals surface area contributed by atoms with E-state index in [1.807, 2.05) is 50.2 Å².